The van der Waals surface area contributed by atoms with E-state index in [1.54, 1.807) is 24.3 Å². The molecule has 0 saturated heterocycles. The average molecular weight is 223 g/mol. The second-order valence-corrected chi connectivity index (χ2v) is 3.31. The molecule has 15 heavy (non-hydrogen) atoms. The van der Waals surface area contributed by atoms with Gasteiger partial charge in [0.15, 0.2) is 0 Å². The van der Waals surface area contributed by atoms with E-state index in [2.05, 4.69) is 13.2 Å². The zero-order valence-electron chi connectivity index (χ0n) is 8.20. The van der Waals surface area contributed by atoms with Gasteiger partial charge in [0.2, 0.25) is 0 Å². The summed E-state index contributed by atoms with van der Waals surface area (Å²) in [5, 5.41) is 0.617. The van der Waals surface area contributed by atoms with E-state index in [4.69, 9.17) is 16.3 Å². The van der Waals surface area contributed by atoms with E-state index in [0.29, 0.717) is 16.2 Å². The zero-order chi connectivity index (χ0) is 11.3. The number of hydrogen-bond acceptors (Lipinski definition) is 2. The molecule has 0 fully saturated rings. The molecule has 0 aliphatic heterocycles. The molecule has 78 valence electrons. The molecule has 1 rings (SSSR count). The first-order valence-corrected chi connectivity index (χ1v) is 4.76. The Morgan fingerprint density at radius 3 is 2.53 bits per heavy atom. The van der Waals surface area contributed by atoms with Gasteiger partial charge in [0, 0.05) is 5.02 Å². The third-order valence-electron chi connectivity index (χ3n) is 1.77. The molecule has 0 aliphatic rings. The number of rotatable bonds is 4. The van der Waals surface area contributed by atoms with Crippen LogP contribution in [0.3, 0.4) is 0 Å². The van der Waals surface area contributed by atoms with E-state index in [-0.39, 0.29) is 6.61 Å². The number of carbonyl (C=O) groups is 1. The summed E-state index contributed by atoms with van der Waals surface area (Å²) < 4.78 is 4.85. The first-order valence-electron chi connectivity index (χ1n) is 4.38. The molecule has 0 spiro atoms. The fourth-order valence-corrected chi connectivity index (χ4v) is 1.12. The van der Waals surface area contributed by atoms with Crippen molar-refractivity contribution >= 4 is 23.1 Å². The summed E-state index contributed by atoms with van der Waals surface area (Å²) in [5.74, 6) is -0.447. The van der Waals surface area contributed by atoms with Crippen LogP contribution in [-0.2, 0) is 9.53 Å². The van der Waals surface area contributed by atoms with Gasteiger partial charge in [-0.15, -0.1) is 0 Å². The van der Waals surface area contributed by atoms with E-state index in [9.17, 15) is 4.79 Å². The molecule has 0 bridgehead atoms. The van der Waals surface area contributed by atoms with Crippen LogP contribution in [0.15, 0.2) is 43.5 Å². The number of halogens is 1. The molecule has 3 heteroatoms. The van der Waals surface area contributed by atoms with Gasteiger partial charge in [-0.2, -0.15) is 0 Å². The molecule has 0 unspecified atom stereocenters. The maximum atomic E-state index is 11.4. The van der Waals surface area contributed by atoms with E-state index < -0.39 is 5.97 Å². The highest BCUT2D eigenvalue weighted by molar-refractivity contribution is 6.30. The molecule has 0 heterocycles. The van der Waals surface area contributed by atoms with Gasteiger partial charge in [0.25, 0.3) is 0 Å². The Morgan fingerprint density at radius 2 is 2.00 bits per heavy atom. The van der Waals surface area contributed by atoms with Crippen molar-refractivity contribution in [2.75, 3.05) is 6.61 Å². The lowest BCUT2D eigenvalue weighted by atomic mass is 10.1. The van der Waals surface area contributed by atoms with Crippen molar-refractivity contribution in [3.05, 3.63) is 54.1 Å². The minimum absolute atomic E-state index is 0.186. The van der Waals surface area contributed by atoms with E-state index >= 15 is 0 Å². The third-order valence-corrected chi connectivity index (χ3v) is 2.02. The van der Waals surface area contributed by atoms with Crippen molar-refractivity contribution in [1.29, 1.82) is 0 Å². The van der Waals surface area contributed by atoms with Crippen molar-refractivity contribution in [2.24, 2.45) is 0 Å². The van der Waals surface area contributed by atoms with Crippen molar-refractivity contribution < 1.29 is 9.53 Å². The Kier molecular flexibility index (Phi) is 4.13. The summed E-state index contributed by atoms with van der Waals surface area (Å²) in [6.07, 6.45) is 1.51. The number of esters is 1. The van der Waals surface area contributed by atoms with Crippen LogP contribution in [0.1, 0.15) is 5.56 Å². The fourth-order valence-electron chi connectivity index (χ4n) is 0.991. The maximum absolute atomic E-state index is 11.4. The molecule has 0 radical (unpaired) electrons. The van der Waals surface area contributed by atoms with Gasteiger partial charge in [0.1, 0.15) is 6.61 Å². The van der Waals surface area contributed by atoms with Crippen LogP contribution in [0.4, 0.5) is 0 Å². The highest BCUT2D eigenvalue weighted by Gasteiger charge is 2.09. The molecule has 1 aromatic carbocycles. The Balaban J connectivity index is 2.72. The Labute approximate surface area is 93.8 Å². The van der Waals surface area contributed by atoms with Gasteiger partial charge < -0.3 is 4.74 Å². The maximum Gasteiger partial charge on any atom is 0.338 e. The largest absolute Gasteiger partial charge is 0.458 e. The minimum Gasteiger partial charge on any atom is -0.458 e. The number of carbonyl (C=O) groups excluding carboxylic acids is 1. The summed E-state index contributed by atoms with van der Waals surface area (Å²) >= 11 is 5.72. The second-order valence-electron chi connectivity index (χ2n) is 2.87. The molecule has 0 amide bonds. The first kappa shape index (κ1) is 11.5. The van der Waals surface area contributed by atoms with Gasteiger partial charge in [-0.1, -0.05) is 43.0 Å². The van der Waals surface area contributed by atoms with Gasteiger partial charge >= 0.3 is 5.97 Å². The molecular weight excluding hydrogens is 212 g/mol. The van der Waals surface area contributed by atoms with Gasteiger partial charge in [-0.3, -0.25) is 0 Å². The Hall–Kier alpha value is -1.54. The quantitative estimate of drug-likeness (QED) is 0.445. The van der Waals surface area contributed by atoms with Crippen LogP contribution in [0.5, 0.6) is 0 Å². The molecule has 0 aliphatic carbocycles. The lowest BCUT2D eigenvalue weighted by Crippen LogP contribution is -2.06. The van der Waals surface area contributed by atoms with Crippen LogP contribution in [-0.4, -0.2) is 12.6 Å². The Morgan fingerprint density at radius 1 is 1.40 bits per heavy atom. The molecule has 0 atom stereocenters. The number of hydrogen-bond donors (Lipinski definition) is 0. The normalized spacial score (nSPS) is 9.40. The van der Waals surface area contributed by atoms with Crippen molar-refractivity contribution in [3.8, 4) is 0 Å². The standard InChI is InChI=1S/C12H11ClO2/c1-3-8-15-12(14)9(2)10-4-6-11(13)7-5-10/h3-7H,1-2,8H2. The van der Waals surface area contributed by atoms with E-state index in [1.807, 2.05) is 0 Å². The van der Waals surface area contributed by atoms with Gasteiger partial charge in [0.05, 0.1) is 5.57 Å². The predicted octanol–water partition coefficient (Wildman–Crippen LogP) is 3.08. The zero-order valence-corrected chi connectivity index (χ0v) is 8.96. The van der Waals surface area contributed by atoms with Crippen molar-refractivity contribution in [3.63, 3.8) is 0 Å². The summed E-state index contributed by atoms with van der Waals surface area (Å²) in [5.41, 5.74) is 1.02. The summed E-state index contributed by atoms with van der Waals surface area (Å²) in [7, 11) is 0. The lowest BCUT2D eigenvalue weighted by Gasteiger charge is -2.05. The molecule has 2 nitrogen and oxygen atoms in total. The first-order chi connectivity index (χ1) is 7.15. The van der Waals surface area contributed by atoms with Crippen molar-refractivity contribution in [1.82, 2.24) is 0 Å². The summed E-state index contributed by atoms with van der Waals surface area (Å²) in [6, 6.07) is 6.84. The molecular formula is C12H11ClO2. The third kappa shape index (κ3) is 3.26. The van der Waals surface area contributed by atoms with Crippen LogP contribution in [0.25, 0.3) is 5.57 Å². The number of benzene rings is 1. The van der Waals surface area contributed by atoms with Crippen LogP contribution < -0.4 is 0 Å². The fraction of sp³-hybridized carbons (Fsp3) is 0.0833. The van der Waals surface area contributed by atoms with Gasteiger partial charge in [-0.25, -0.2) is 4.79 Å². The topological polar surface area (TPSA) is 26.3 Å². The van der Waals surface area contributed by atoms with E-state index in [1.165, 1.54) is 6.08 Å². The highest BCUT2D eigenvalue weighted by atomic mass is 35.5. The SMILES string of the molecule is C=CCOC(=O)C(=C)c1ccc(Cl)cc1. The molecule has 0 saturated carbocycles. The van der Waals surface area contributed by atoms with Gasteiger partial charge in [-0.05, 0) is 17.7 Å². The van der Waals surface area contributed by atoms with Crippen molar-refractivity contribution in [2.45, 2.75) is 0 Å². The highest BCUT2D eigenvalue weighted by Crippen LogP contribution is 2.17. The summed E-state index contributed by atoms with van der Waals surface area (Å²) in [6.45, 7) is 7.29. The summed E-state index contributed by atoms with van der Waals surface area (Å²) in [4.78, 5) is 11.4. The molecule has 0 N–H and O–H groups in total. The van der Waals surface area contributed by atoms with Crippen LogP contribution in [0, 0.1) is 0 Å². The second kappa shape index (κ2) is 5.37. The minimum atomic E-state index is -0.447. The monoisotopic (exact) mass is 222 g/mol. The average Bonchev–Trinajstić information content (AvgIpc) is 2.26. The Bertz CT molecular complexity index is 379. The lowest BCUT2D eigenvalue weighted by molar-refractivity contribution is -0.135. The predicted molar refractivity (Wildman–Crippen MR) is 61.6 cm³/mol. The molecule has 0 aromatic heterocycles. The van der Waals surface area contributed by atoms with E-state index in [0.717, 1.165) is 0 Å². The van der Waals surface area contributed by atoms with Crippen LogP contribution in [0.2, 0.25) is 5.02 Å². The molecule has 1 aromatic rings. The number of ether oxygens (including phenoxy) is 1. The van der Waals surface area contributed by atoms with Crippen LogP contribution >= 0.6 is 11.6 Å². The smallest absolute Gasteiger partial charge is 0.338 e.